The van der Waals surface area contributed by atoms with Crippen molar-refractivity contribution in [3.8, 4) is 0 Å². The van der Waals surface area contributed by atoms with Gasteiger partial charge in [-0.05, 0) is 29.8 Å². The molecule has 0 aliphatic rings. The van der Waals surface area contributed by atoms with Crippen LogP contribution in [-0.4, -0.2) is 11.0 Å². The fourth-order valence-corrected chi connectivity index (χ4v) is 3.86. The molecular formula is C16H17BrN2O2S. The Labute approximate surface area is 142 Å². The van der Waals surface area contributed by atoms with Crippen molar-refractivity contribution in [3.05, 3.63) is 68.7 Å². The van der Waals surface area contributed by atoms with Crippen LogP contribution >= 0.6 is 27.7 Å². The van der Waals surface area contributed by atoms with Crippen LogP contribution < -0.4 is 5.73 Å². The zero-order valence-electron chi connectivity index (χ0n) is 12.1. The van der Waals surface area contributed by atoms with E-state index in [1.165, 1.54) is 11.8 Å². The number of nitrogens with two attached hydrogens (primary N) is 1. The lowest BCUT2D eigenvalue weighted by Gasteiger charge is -2.21. The zero-order chi connectivity index (χ0) is 16.1. The molecular weight excluding hydrogens is 364 g/mol. The Morgan fingerprint density at radius 1 is 1.23 bits per heavy atom. The molecule has 0 bridgehead atoms. The monoisotopic (exact) mass is 380 g/mol. The highest BCUT2D eigenvalue weighted by atomic mass is 79.9. The molecule has 2 atom stereocenters. The van der Waals surface area contributed by atoms with Crippen LogP contribution in [0.15, 0.2) is 57.9 Å². The van der Waals surface area contributed by atoms with E-state index in [9.17, 15) is 10.1 Å². The summed E-state index contributed by atoms with van der Waals surface area (Å²) in [6, 6.07) is 14.5. The minimum absolute atomic E-state index is 0.196. The Hall–Kier alpha value is -1.53. The van der Waals surface area contributed by atoms with E-state index < -0.39 is 6.04 Å². The molecule has 116 valence electrons. The Morgan fingerprint density at radius 3 is 2.41 bits per heavy atom. The van der Waals surface area contributed by atoms with Gasteiger partial charge >= 0.3 is 0 Å². The number of nitrogens with zero attached hydrogens (tertiary/aromatic N) is 1. The summed E-state index contributed by atoms with van der Waals surface area (Å²) in [4.78, 5) is 12.1. The molecule has 4 nitrogen and oxygen atoms in total. The van der Waals surface area contributed by atoms with E-state index in [-0.39, 0.29) is 10.2 Å². The van der Waals surface area contributed by atoms with Gasteiger partial charge in [-0.3, -0.25) is 10.1 Å². The molecule has 0 saturated carbocycles. The van der Waals surface area contributed by atoms with Crippen LogP contribution in [0.5, 0.6) is 0 Å². The quantitative estimate of drug-likeness (QED) is 0.334. The van der Waals surface area contributed by atoms with Crippen molar-refractivity contribution in [1.29, 1.82) is 0 Å². The van der Waals surface area contributed by atoms with E-state index in [1.54, 1.807) is 0 Å². The van der Waals surface area contributed by atoms with Gasteiger partial charge in [0.15, 0.2) is 0 Å². The van der Waals surface area contributed by atoms with Gasteiger partial charge in [0.05, 0.1) is 0 Å². The SMILES string of the molecule is CCC(C(Sc1ccccc1N)c1ccc(Br)cc1)[N+](=O)[O-]. The second kappa shape index (κ2) is 7.65. The van der Waals surface area contributed by atoms with Crippen LogP contribution in [0.25, 0.3) is 0 Å². The van der Waals surface area contributed by atoms with Gasteiger partial charge in [0.25, 0.3) is 0 Å². The van der Waals surface area contributed by atoms with Crippen molar-refractivity contribution in [2.24, 2.45) is 0 Å². The predicted octanol–water partition coefficient (Wildman–Crippen LogP) is 4.92. The smallest absolute Gasteiger partial charge is 0.228 e. The molecule has 0 amide bonds. The molecule has 2 N–H and O–H groups in total. The highest BCUT2D eigenvalue weighted by Gasteiger charge is 2.32. The lowest BCUT2D eigenvalue weighted by molar-refractivity contribution is -0.522. The number of hydrogen-bond acceptors (Lipinski definition) is 4. The summed E-state index contributed by atoms with van der Waals surface area (Å²) in [7, 11) is 0. The van der Waals surface area contributed by atoms with Gasteiger partial charge in [0.1, 0.15) is 5.25 Å². The summed E-state index contributed by atoms with van der Waals surface area (Å²) in [5.41, 5.74) is 7.57. The highest BCUT2D eigenvalue weighted by Crippen LogP contribution is 2.42. The van der Waals surface area contributed by atoms with Crippen molar-refractivity contribution in [2.75, 3.05) is 5.73 Å². The van der Waals surface area contributed by atoms with Gasteiger partial charge < -0.3 is 5.73 Å². The van der Waals surface area contributed by atoms with Crippen molar-refractivity contribution < 1.29 is 4.92 Å². The largest absolute Gasteiger partial charge is 0.398 e. The minimum atomic E-state index is -0.661. The van der Waals surface area contributed by atoms with E-state index in [0.29, 0.717) is 12.1 Å². The number of rotatable bonds is 6. The Morgan fingerprint density at radius 2 is 1.86 bits per heavy atom. The van der Waals surface area contributed by atoms with Crippen molar-refractivity contribution in [2.45, 2.75) is 29.5 Å². The summed E-state index contributed by atoms with van der Waals surface area (Å²) in [5.74, 6) is 0. The van der Waals surface area contributed by atoms with Crippen molar-refractivity contribution >= 4 is 33.4 Å². The molecule has 0 aliphatic carbocycles. The van der Waals surface area contributed by atoms with Crippen LogP contribution in [0.1, 0.15) is 24.2 Å². The van der Waals surface area contributed by atoms with E-state index in [4.69, 9.17) is 5.73 Å². The van der Waals surface area contributed by atoms with Gasteiger partial charge in [-0.2, -0.15) is 0 Å². The lowest BCUT2D eigenvalue weighted by atomic mass is 10.0. The van der Waals surface area contributed by atoms with Gasteiger partial charge in [-0.15, -0.1) is 11.8 Å². The van der Waals surface area contributed by atoms with Crippen LogP contribution in [0.3, 0.4) is 0 Å². The number of nitro groups is 1. The topological polar surface area (TPSA) is 69.2 Å². The van der Waals surface area contributed by atoms with E-state index in [1.807, 2.05) is 55.5 Å². The summed E-state index contributed by atoms with van der Waals surface area (Å²) < 4.78 is 0.952. The fourth-order valence-electron chi connectivity index (χ4n) is 2.22. The first kappa shape index (κ1) is 16.8. The highest BCUT2D eigenvalue weighted by molar-refractivity contribution is 9.10. The molecule has 2 unspecified atom stereocenters. The molecule has 0 fully saturated rings. The molecule has 6 heteroatoms. The van der Waals surface area contributed by atoms with Gasteiger partial charge in [-0.25, -0.2) is 0 Å². The summed E-state index contributed by atoms with van der Waals surface area (Å²) >= 11 is 4.85. The number of nitrogen functional groups attached to an aromatic ring is 1. The number of hydrogen-bond donors (Lipinski definition) is 1. The first-order valence-electron chi connectivity index (χ1n) is 6.93. The maximum atomic E-state index is 11.4. The second-order valence-corrected chi connectivity index (χ2v) is 6.99. The molecule has 0 saturated heterocycles. The van der Waals surface area contributed by atoms with Gasteiger partial charge in [0, 0.05) is 26.4 Å². The fraction of sp³-hybridized carbons (Fsp3) is 0.250. The summed E-state index contributed by atoms with van der Waals surface area (Å²) in [6.45, 7) is 1.84. The van der Waals surface area contributed by atoms with Crippen molar-refractivity contribution in [1.82, 2.24) is 0 Å². The first-order valence-corrected chi connectivity index (χ1v) is 8.60. The third-order valence-electron chi connectivity index (χ3n) is 3.41. The van der Waals surface area contributed by atoms with Crippen LogP contribution in [0.4, 0.5) is 5.69 Å². The predicted molar refractivity (Wildman–Crippen MR) is 94.7 cm³/mol. The Balaban J connectivity index is 2.39. The van der Waals surface area contributed by atoms with Gasteiger partial charge in [0.2, 0.25) is 6.04 Å². The number of anilines is 1. The van der Waals surface area contributed by atoms with Crippen LogP contribution in [-0.2, 0) is 0 Å². The van der Waals surface area contributed by atoms with Gasteiger partial charge in [-0.1, -0.05) is 47.1 Å². The van der Waals surface area contributed by atoms with Crippen LogP contribution in [0, 0.1) is 10.1 Å². The molecule has 0 aromatic heterocycles. The Bertz CT molecular complexity index is 649. The normalized spacial score (nSPS) is 13.5. The molecule has 0 radical (unpaired) electrons. The first-order chi connectivity index (χ1) is 10.5. The number of benzene rings is 2. The average molecular weight is 381 g/mol. The average Bonchev–Trinajstić information content (AvgIpc) is 2.49. The molecule has 0 spiro atoms. The van der Waals surface area contributed by atoms with E-state index in [0.717, 1.165) is 14.9 Å². The molecule has 0 aliphatic heterocycles. The molecule has 2 rings (SSSR count). The summed E-state index contributed by atoms with van der Waals surface area (Å²) in [5, 5.41) is 11.2. The lowest BCUT2D eigenvalue weighted by Crippen LogP contribution is -2.25. The third-order valence-corrected chi connectivity index (χ3v) is 5.40. The number of halogens is 1. The number of thioether (sulfide) groups is 1. The second-order valence-electron chi connectivity index (χ2n) is 4.89. The molecule has 2 aromatic rings. The molecule has 22 heavy (non-hydrogen) atoms. The zero-order valence-corrected chi connectivity index (χ0v) is 14.5. The Kier molecular flexibility index (Phi) is 5.85. The van der Waals surface area contributed by atoms with E-state index >= 15 is 0 Å². The molecule has 0 heterocycles. The molecule has 2 aromatic carbocycles. The van der Waals surface area contributed by atoms with E-state index in [2.05, 4.69) is 15.9 Å². The van der Waals surface area contributed by atoms with Crippen LogP contribution in [0.2, 0.25) is 0 Å². The maximum absolute atomic E-state index is 11.4. The number of para-hydroxylation sites is 1. The maximum Gasteiger partial charge on any atom is 0.228 e. The summed E-state index contributed by atoms with van der Waals surface area (Å²) in [6.07, 6.45) is 0.466. The third kappa shape index (κ3) is 4.01. The minimum Gasteiger partial charge on any atom is -0.398 e. The standard InChI is InChI=1S/C16H17BrN2O2S/c1-2-14(19(20)21)16(11-7-9-12(17)10-8-11)22-15-6-4-3-5-13(15)18/h3-10,14,16H,2,18H2,1H3. The van der Waals surface area contributed by atoms with Crippen molar-refractivity contribution in [3.63, 3.8) is 0 Å².